The molecule has 0 saturated carbocycles. The van der Waals surface area contributed by atoms with Crippen LogP contribution in [0.1, 0.15) is 11.1 Å². The number of hydrogen-bond donors (Lipinski definition) is 0. The number of halogens is 2. The van der Waals surface area contributed by atoms with Gasteiger partial charge in [-0.05, 0) is 12.5 Å². The van der Waals surface area contributed by atoms with Gasteiger partial charge in [0.05, 0.1) is 0 Å². The van der Waals surface area contributed by atoms with Crippen LogP contribution in [0.4, 0.5) is 4.39 Å². The zero-order chi connectivity index (χ0) is 11.4. The second kappa shape index (κ2) is 8.51. The zero-order valence-corrected chi connectivity index (χ0v) is 13.1. The van der Waals surface area contributed by atoms with E-state index < -0.39 is 0 Å². The van der Waals surface area contributed by atoms with Crippen molar-refractivity contribution in [2.45, 2.75) is 13.5 Å². The molecule has 4 heteroatoms. The van der Waals surface area contributed by atoms with Gasteiger partial charge in [-0.1, -0.05) is 35.9 Å². The van der Waals surface area contributed by atoms with Gasteiger partial charge in [-0.25, -0.2) is 4.39 Å². The molecule has 2 aromatic rings. The first-order chi connectivity index (χ1) is 7.74. The van der Waals surface area contributed by atoms with Gasteiger partial charge in [-0.3, -0.25) is 0 Å². The molecule has 0 aromatic heterocycles. The largest absolute Gasteiger partial charge is 2.00 e. The van der Waals surface area contributed by atoms with Crippen LogP contribution in [0.25, 0.3) is 0 Å². The van der Waals surface area contributed by atoms with E-state index in [2.05, 4.69) is 6.07 Å². The first kappa shape index (κ1) is 17.4. The van der Waals surface area contributed by atoms with E-state index in [0.717, 1.165) is 5.56 Å². The summed E-state index contributed by atoms with van der Waals surface area (Å²) in [6.07, 6.45) is 0. The monoisotopic (exact) mass is 318 g/mol. The van der Waals surface area contributed by atoms with Crippen molar-refractivity contribution in [2.24, 2.45) is 0 Å². The maximum Gasteiger partial charge on any atom is 2.00 e. The van der Waals surface area contributed by atoms with Gasteiger partial charge >= 0.3 is 23.1 Å². The van der Waals surface area contributed by atoms with Gasteiger partial charge in [0.25, 0.3) is 0 Å². The van der Waals surface area contributed by atoms with Crippen LogP contribution in [0.3, 0.4) is 0 Å². The Bertz CT molecular complexity index is 473. The molecule has 0 spiro atoms. The van der Waals surface area contributed by atoms with Gasteiger partial charge in [0.15, 0.2) is 0 Å². The molecule has 0 aliphatic rings. The third-order valence-electron chi connectivity index (χ3n) is 2.25. The minimum atomic E-state index is -0.308. The Balaban J connectivity index is 0.00000144. The number of ether oxygens (including phenoxy) is 1. The van der Waals surface area contributed by atoms with Crippen LogP contribution >= 0.6 is 0 Å². The zero-order valence-electron chi connectivity index (χ0n) is 10.1. The molecule has 2 aromatic carbocycles. The van der Waals surface area contributed by atoms with Gasteiger partial charge in [0.1, 0.15) is 6.61 Å². The van der Waals surface area contributed by atoms with Crippen molar-refractivity contribution in [1.82, 2.24) is 0 Å². The summed E-state index contributed by atoms with van der Waals surface area (Å²) in [5.41, 5.74) is 2.27. The van der Waals surface area contributed by atoms with Gasteiger partial charge in [-0.15, -0.1) is 12.1 Å². The molecular formula is C14H12BrFMgO. The molecule has 0 saturated heterocycles. The molecular weight excluding hydrogens is 307 g/mol. The topological polar surface area (TPSA) is 9.23 Å². The second-order valence-electron chi connectivity index (χ2n) is 3.65. The normalized spacial score (nSPS) is 9.00. The fourth-order valence-electron chi connectivity index (χ4n) is 1.35. The predicted octanol–water partition coefficient (Wildman–Crippen LogP) is 0.137. The molecule has 18 heavy (non-hydrogen) atoms. The standard InChI is InChI=1S/C14H12FO.BrH.Mg/c1-11-5-7-12(8-6-11)10-16-14-4-2-3-13(15)9-14;;/h2-3,5-9H,10H2,1H3;1H;/q-1;;+2/p-1. The molecule has 0 atom stereocenters. The third kappa shape index (κ3) is 5.37. The summed E-state index contributed by atoms with van der Waals surface area (Å²) in [4.78, 5) is 0. The van der Waals surface area contributed by atoms with Crippen molar-refractivity contribution < 1.29 is 26.1 Å². The fourth-order valence-corrected chi connectivity index (χ4v) is 1.35. The predicted molar refractivity (Wildman–Crippen MR) is 66.5 cm³/mol. The fraction of sp³-hybridized carbons (Fsp3) is 0.143. The minimum absolute atomic E-state index is 0. The Hall–Kier alpha value is -0.584. The Kier molecular flexibility index (Phi) is 8.23. The van der Waals surface area contributed by atoms with Crippen molar-refractivity contribution in [2.75, 3.05) is 0 Å². The van der Waals surface area contributed by atoms with Gasteiger partial charge in [0.2, 0.25) is 0 Å². The Labute approximate surface area is 133 Å². The van der Waals surface area contributed by atoms with Gasteiger partial charge in [-0.2, -0.15) is 6.07 Å². The number of benzene rings is 2. The van der Waals surface area contributed by atoms with Crippen molar-refractivity contribution in [3.05, 3.63) is 65.5 Å². The first-order valence-electron chi connectivity index (χ1n) is 5.09. The van der Waals surface area contributed by atoms with E-state index in [-0.39, 0.29) is 45.9 Å². The first-order valence-corrected chi connectivity index (χ1v) is 5.09. The van der Waals surface area contributed by atoms with Crippen molar-refractivity contribution in [3.63, 3.8) is 0 Å². The van der Waals surface area contributed by atoms with Crippen LogP contribution in [0.15, 0.2) is 42.5 Å². The summed E-state index contributed by atoms with van der Waals surface area (Å²) in [6.45, 7) is 2.46. The summed E-state index contributed by atoms with van der Waals surface area (Å²) < 4.78 is 18.3. The summed E-state index contributed by atoms with van der Waals surface area (Å²) >= 11 is 0. The van der Waals surface area contributed by atoms with Crippen LogP contribution in [0.2, 0.25) is 0 Å². The molecule has 0 N–H and O–H groups in total. The van der Waals surface area contributed by atoms with E-state index in [1.807, 2.05) is 31.2 Å². The van der Waals surface area contributed by atoms with Crippen molar-refractivity contribution in [3.8, 4) is 5.75 Å². The van der Waals surface area contributed by atoms with Crippen molar-refractivity contribution in [1.29, 1.82) is 0 Å². The summed E-state index contributed by atoms with van der Waals surface area (Å²) in [6, 6.07) is 15.0. The molecule has 0 aliphatic carbocycles. The molecule has 0 aliphatic heterocycles. The van der Waals surface area contributed by atoms with E-state index in [1.54, 1.807) is 0 Å². The molecule has 1 nitrogen and oxygen atoms in total. The van der Waals surface area contributed by atoms with Crippen LogP contribution in [0.5, 0.6) is 5.75 Å². The maximum absolute atomic E-state index is 12.8. The van der Waals surface area contributed by atoms with E-state index in [0.29, 0.717) is 12.4 Å². The van der Waals surface area contributed by atoms with Crippen LogP contribution < -0.4 is 21.7 Å². The average molecular weight is 319 g/mol. The van der Waals surface area contributed by atoms with E-state index >= 15 is 0 Å². The molecule has 0 bridgehead atoms. The summed E-state index contributed by atoms with van der Waals surface area (Å²) in [7, 11) is 0. The quantitative estimate of drug-likeness (QED) is 0.578. The number of rotatable bonds is 3. The summed E-state index contributed by atoms with van der Waals surface area (Å²) in [5, 5.41) is 0. The summed E-state index contributed by atoms with van der Waals surface area (Å²) in [5.74, 6) is 0.123. The van der Waals surface area contributed by atoms with Crippen LogP contribution in [0, 0.1) is 18.8 Å². The Morgan fingerprint density at radius 3 is 2.44 bits per heavy atom. The SMILES string of the molecule is Cc1ccc(COc2[c-]ccc(F)c2)cc1.[Br-].[Mg+2]. The Morgan fingerprint density at radius 2 is 1.83 bits per heavy atom. The maximum atomic E-state index is 12.8. The smallest absolute Gasteiger partial charge is 1.00 e. The van der Waals surface area contributed by atoms with E-state index in [1.165, 1.54) is 23.8 Å². The molecule has 0 unspecified atom stereocenters. The average Bonchev–Trinajstić information content (AvgIpc) is 2.28. The number of aryl methyl sites for hydroxylation is 1. The molecule has 2 rings (SSSR count). The van der Waals surface area contributed by atoms with Crippen LogP contribution in [-0.2, 0) is 6.61 Å². The molecule has 0 amide bonds. The molecule has 90 valence electrons. The van der Waals surface area contributed by atoms with Gasteiger partial charge in [0, 0.05) is 11.6 Å². The van der Waals surface area contributed by atoms with E-state index in [4.69, 9.17) is 4.74 Å². The number of hydrogen-bond acceptors (Lipinski definition) is 1. The second-order valence-corrected chi connectivity index (χ2v) is 3.65. The van der Waals surface area contributed by atoms with Crippen molar-refractivity contribution >= 4 is 23.1 Å². The van der Waals surface area contributed by atoms with Crippen LogP contribution in [-0.4, -0.2) is 23.1 Å². The Morgan fingerprint density at radius 1 is 1.17 bits per heavy atom. The van der Waals surface area contributed by atoms with E-state index in [9.17, 15) is 4.39 Å². The van der Waals surface area contributed by atoms with Gasteiger partial charge < -0.3 is 21.7 Å². The minimum Gasteiger partial charge on any atom is -1.00 e. The molecule has 0 heterocycles. The third-order valence-corrected chi connectivity index (χ3v) is 2.25. The molecule has 0 radical (unpaired) electrons. The molecule has 0 fully saturated rings.